The van der Waals surface area contributed by atoms with Gasteiger partial charge in [-0.15, -0.1) is 11.4 Å². The van der Waals surface area contributed by atoms with Gasteiger partial charge in [-0.3, -0.25) is 0 Å². The third kappa shape index (κ3) is 4.49. The van der Waals surface area contributed by atoms with Crippen molar-refractivity contribution in [3.63, 3.8) is 0 Å². The maximum absolute atomic E-state index is 4.95. The van der Waals surface area contributed by atoms with E-state index in [4.69, 9.17) is 10.6 Å². The van der Waals surface area contributed by atoms with Crippen LogP contribution < -0.4 is 37.7 Å². The summed E-state index contributed by atoms with van der Waals surface area (Å²) in [5.41, 5.74) is 9.47. The van der Waals surface area contributed by atoms with Crippen LogP contribution in [-0.2, 0) is 0 Å². The molecule has 0 saturated carbocycles. The molecule has 138 valence electrons. The number of benzene rings is 3. The molecule has 0 saturated heterocycles. The fourth-order valence-corrected chi connectivity index (χ4v) is 3.92. The number of rotatable bonds is 2. The maximum Gasteiger partial charge on any atom is 1.00 e. The van der Waals surface area contributed by atoms with Crippen molar-refractivity contribution in [1.82, 2.24) is 0 Å². The van der Waals surface area contributed by atoms with Crippen LogP contribution in [0.15, 0.2) is 72.8 Å². The number of hydrogen-bond donors (Lipinski definition) is 0. The summed E-state index contributed by atoms with van der Waals surface area (Å²) in [6.07, 6.45) is 8.76. The van der Waals surface area contributed by atoms with Crippen LogP contribution in [0.4, 0.5) is 11.4 Å². The molecular formula is C26H22Li2N2. The summed E-state index contributed by atoms with van der Waals surface area (Å²) in [5, 5.41) is 9.91. The average Bonchev–Trinajstić information content (AvgIpc) is 2.73. The Kier molecular flexibility index (Phi) is 7.08. The van der Waals surface area contributed by atoms with Crippen LogP contribution in [0.5, 0.6) is 0 Å². The van der Waals surface area contributed by atoms with Crippen LogP contribution in [-0.4, -0.2) is 0 Å². The van der Waals surface area contributed by atoms with E-state index in [1.807, 2.05) is 0 Å². The van der Waals surface area contributed by atoms with E-state index in [1.54, 1.807) is 0 Å². The van der Waals surface area contributed by atoms with Gasteiger partial charge < -0.3 is 10.6 Å². The molecule has 0 fully saturated rings. The van der Waals surface area contributed by atoms with E-state index in [-0.39, 0.29) is 49.8 Å². The second-order valence-electron chi connectivity index (χ2n) is 7.66. The molecule has 0 radical (unpaired) electrons. The van der Waals surface area contributed by atoms with Gasteiger partial charge in [0.05, 0.1) is 0 Å². The monoisotopic (exact) mass is 376 g/mol. The second-order valence-corrected chi connectivity index (χ2v) is 7.66. The Morgan fingerprint density at radius 2 is 1.07 bits per heavy atom. The van der Waals surface area contributed by atoms with Crippen LogP contribution in [0, 0.1) is 13.8 Å². The van der Waals surface area contributed by atoms with Crippen LogP contribution in [0.1, 0.15) is 45.5 Å². The smallest absolute Gasteiger partial charge is 0.674 e. The molecule has 0 N–H and O–H groups in total. The summed E-state index contributed by atoms with van der Waals surface area (Å²) in [4.78, 5) is 0. The van der Waals surface area contributed by atoms with Crippen LogP contribution in [0.3, 0.4) is 0 Å². The SMILES string of the molecule is Cc1ccc2c(c1)C=CC(c1cccc(C3C=Cc4cc(C)ccc4[N-]3)c1)[N-]2.[Li+].[Li+]. The zero-order chi connectivity index (χ0) is 19.1. The van der Waals surface area contributed by atoms with Crippen molar-refractivity contribution >= 4 is 23.5 Å². The van der Waals surface area contributed by atoms with E-state index in [1.165, 1.54) is 33.4 Å². The zero-order valence-corrected chi connectivity index (χ0v) is 18.1. The predicted molar refractivity (Wildman–Crippen MR) is 118 cm³/mol. The van der Waals surface area contributed by atoms with Crippen LogP contribution in [0.2, 0.25) is 0 Å². The molecule has 30 heavy (non-hydrogen) atoms. The minimum Gasteiger partial charge on any atom is -0.674 e. The van der Waals surface area contributed by atoms with Crippen molar-refractivity contribution in [3.8, 4) is 0 Å². The van der Waals surface area contributed by atoms with Gasteiger partial charge in [-0.05, 0) is 25.0 Å². The van der Waals surface area contributed by atoms with Crippen molar-refractivity contribution in [2.24, 2.45) is 0 Å². The number of fused-ring (bicyclic) bond motifs is 2. The topological polar surface area (TPSA) is 28.2 Å². The first kappa shape index (κ1) is 22.6. The van der Waals surface area contributed by atoms with Gasteiger partial charge >= 0.3 is 37.7 Å². The van der Waals surface area contributed by atoms with Crippen LogP contribution in [0.25, 0.3) is 22.8 Å². The van der Waals surface area contributed by atoms with Crippen molar-refractivity contribution in [1.29, 1.82) is 0 Å². The van der Waals surface area contributed by atoms with E-state index in [9.17, 15) is 0 Å². The Morgan fingerprint density at radius 1 is 0.600 bits per heavy atom. The van der Waals surface area contributed by atoms with Gasteiger partial charge in [0.1, 0.15) is 0 Å². The largest absolute Gasteiger partial charge is 1.00 e. The van der Waals surface area contributed by atoms with Crippen molar-refractivity contribution in [2.45, 2.75) is 25.9 Å². The van der Waals surface area contributed by atoms with Gasteiger partial charge in [0.15, 0.2) is 0 Å². The molecule has 2 unspecified atom stereocenters. The molecule has 0 aromatic heterocycles. The number of hydrogen-bond acceptors (Lipinski definition) is 0. The summed E-state index contributed by atoms with van der Waals surface area (Å²) in [6.45, 7) is 4.23. The fourth-order valence-electron chi connectivity index (χ4n) is 3.92. The molecule has 3 aromatic carbocycles. The minimum atomic E-state index is 0. The van der Waals surface area contributed by atoms with Crippen LogP contribution >= 0.6 is 0 Å². The Balaban J connectivity index is 0.00000128. The van der Waals surface area contributed by atoms with E-state index >= 15 is 0 Å². The summed E-state index contributed by atoms with van der Waals surface area (Å²) >= 11 is 0. The number of nitrogens with zero attached hydrogens (tertiary/aromatic N) is 2. The molecule has 3 aromatic rings. The molecule has 2 aliphatic rings. The maximum atomic E-state index is 4.95. The Bertz CT molecular complexity index is 1030. The third-order valence-corrected chi connectivity index (χ3v) is 5.43. The first-order valence-electron chi connectivity index (χ1n) is 9.75. The molecule has 4 heteroatoms. The third-order valence-electron chi connectivity index (χ3n) is 5.43. The molecule has 2 atom stereocenters. The quantitative estimate of drug-likeness (QED) is 0.611. The summed E-state index contributed by atoms with van der Waals surface area (Å²) < 4.78 is 0. The van der Waals surface area contributed by atoms with Gasteiger partial charge in [0, 0.05) is 0 Å². The van der Waals surface area contributed by atoms with E-state index in [0.29, 0.717) is 0 Å². The molecule has 0 bridgehead atoms. The average molecular weight is 376 g/mol. The molecule has 5 rings (SSSR count). The second kappa shape index (κ2) is 9.39. The van der Waals surface area contributed by atoms with Gasteiger partial charge in [-0.1, -0.05) is 119 Å². The summed E-state index contributed by atoms with van der Waals surface area (Å²) in [6, 6.07) is 21.6. The Hall–Kier alpha value is -2.07. The van der Waals surface area contributed by atoms with E-state index < -0.39 is 0 Å². The Morgan fingerprint density at radius 3 is 1.53 bits per heavy atom. The zero-order valence-electron chi connectivity index (χ0n) is 18.1. The van der Waals surface area contributed by atoms with Gasteiger partial charge in [0.2, 0.25) is 0 Å². The molecule has 0 aliphatic carbocycles. The standard InChI is InChI=1S/C26H22N2.2Li/c1-17-6-10-23-21(14-17)8-12-25(27-23)19-4-3-5-20(16-19)26-13-9-22-15-18(2)7-11-24(22)28-26;;/h3-16,25-26H,1-2H3;;/q-2;2*+1. The molecular weight excluding hydrogens is 354 g/mol. The van der Waals surface area contributed by atoms with Crippen molar-refractivity contribution in [2.75, 3.05) is 0 Å². The van der Waals surface area contributed by atoms with Gasteiger partial charge in [-0.2, -0.15) is 0 Å². The summed E-state index contributed by atoms with van der Waals surface area (Å²) in [7, 11) is 0. The molecule has 2 aliphatic heterocycles. The van der Waals surface area contributed by atoms with Gasteiger partial charge in [-0.25, -0.2) is 0 Å². The molecule has 2 heterocycles. The predicted octanol–water partition coefficient (Wildman–Crippen LogP) is 1.86. The minimum absolute atomic E-state index is 0. The first-order valence-corrected chi connectivity index (χ1v) is 9.75. The summed E-state index contributed by atoms with van der Waals surface area (Å²) in [5.74, 6) is 0. The van der Waals surface area contributed by atoms with E-state index in [0.717, 1.165) is 11.4 Å². The van der Waals surface area contributed by atoms with E-state index in [2.05, 4.69) is 98.8 Å². The first-order chi connectivity index (χ1) is 13.7. The molecule has 0 amide bonds. The van der Waals surface area contributed by atoms with Crippen molar-refractivity contribution < 1.29 is 37.7 Å². The van der Waals surface area contributed by atoms with Gasteiger partial charge in [0.25, 0.3) is 0 Å². The Labute approximate surface area is 203 Å². The molecule has 0 spiro atoms. The molecule has 2 nitrogen and oxygen atoms in total. The number of aryl methyl sites for hydroxylation is 2. The normalized spacial score (nSPS) is 18.1. The fraction of sp³-hybridized carbons (Fsp3) is 0.154. The van der Waals surface area contributed by atoms with Crippen molar-refractivity contribution in [3.05, 3.63) is 117 Å².